The highest BCUT2D eigenvalue weighted by molar-refractivity contribution is 7.92. The fourth-order valence-corrected chi connectivity index (χ4v) is 5.16. The van der Waals surface area contributed by atoms with E-state index < -0.39 is 39.4 Å². The summed E-state index contributed by atoms with van der Waals surface area (Å²) in [5.74, 6) is -1.21. The lowest BCUT2D eigenvalue weighted by atomic mass is 9.65. The molecule has 2 heterocycles. The molecular weight excluding hydrogens is 437 g/mol. The molecule has 1 saturated carbocycles. The molecule has 4 nitrogen and oxygen atoms in total. The number of hydrogen-bond acceptors (Lipinski definition) is 3. The molecule has 2 aromatic rings. The van der Waals surface area contributed by atoms with Gasteiger partial charge in [0, 0.05) is 23.1 Å². The predicted octanol–water partition coefficient (Wildman–Crippen LogP) is 3.87. The molecule has 2 unspecified atom stereocenters. The normalized spacial score (nSPS) is 27.6. The molecule has 2 atom stereocenters. The topological polar surface area (TPSA) is 58.2 Å². The summed E-state index contributed by atoms with van der Waals surface area (Å²) in [6.07, 6.45) is 0.291. The van der Waals surface area contributed by atoms with Gasteiger partial charge in [-0.1, -0.05) is 36.9 Å². The van der Waals surface area contributed by atoms with Crippen LogP contribution in [0.3, 0.4) is 0 Å². The summed E-state index contributed by atoms with van der Waals surface area (Å²) in [4.78, 5) is 0. The molecule has 162 valence electrons. The van der Waals surface area contributed by atoms with Crippen LogP contribution in [-0.2, 0) is 16.4 Å². The molecule has 2 saturated heterocycles. The zero-order valence-corrected chi connectivity index (χ0v) is 17.6. The van der Waals surface area contributed by atoms with Gasteiger partial charge in [0.1, 0.15) is 17.3 Å². The molecular formula is C21H22ClF3N2O2S. The first-order chi connectivity index (χ1) is 13.7. The Kier molecular flexibility index (Phi) is 6.34. The Bertz CT molecular complexity index is 1040. The molecule has 0 spiro atoms. The third-order valence-corrected chi connectivity index (χ3v) is 6.75. The van der Waals surface area contributed by atoms with Gasteiger partial charge in [0.05, 0.1) is 6.04 Å². The van der Waals surface area contributed by atoms with Crippen molar-refractivity contribution in [3.05, 3.63) is 71.6 Å². The molecule has 3 fully saturated rings. The molecule has 5 rings (SSSR count). The smallest absolute Gasteiger partial charge is 0.233 e. The van der Waals surface area contributed by atoms with Gasteiger partial charge in [-0.3, -0.25) is 0 Å². The van der Waals surface area contributed by atoms with Crippen molar-refractivity contribution < 1.29 is 21.6 Å². The average molecular weight is 459 g/mol. The minimum Gasteiger partial charge on any atom is -0.309 e. The monoisotopic (exact) mass is 458 g/mol. The molecule has 2 aliphatic heterocycles. The second kappa shape index (κ2) is 8.34. The highest BCUT2D eigenvalue weighted by Crippen LogP contribution is 2.45. The van der Waals surface area contributed by atoms with E-state index in [-0.39, 0.29) is 48.8 Å². The van der Waals surface area contributed by atoms with E-state index in [0.29, 0.717) is 11.0 Å². The third kappa shape index (κ3) is 4.27. The van der Waals surface area contributed by atoms with Gasteiger partial charge in [-0.2, -0.15) is 0 Å². The van der Waals surface area contributed by atoms with E-state index in [1.54, 1.807) is 30.3 Å². The predicted molar refractivity (Wildman–Crippen MR) is 113 cm³/mol. The van der Waals surface area contributed by atoms with Crippen LogP contribution in [-0.4, -0.2) is 32.2 Å². The Labute approximate surface area is 180 Å². The summed E-state index contributed by atoms with van der Waals surface area (Å²) in [5.41, 5.74) is -1.02. The van der Waals surface area contributed by atoms with Crippen molar-refractivity contribution in [2.45, 2.75) is 43.1 Å². The van der Waals surface area contributed by atoms with Crippen molar-refractivity contribution in [1.29, 1.82) is 0 Å². The van der Waals surface area contributed by atoms with Crippen LogP contribution in [0.1, 0.15) is 18.4 Å². The van der Waals surface area contributed by atoms with Crippen molar-refractivity contribution >= 4 is 22.4 Å². The maximum Gasteiger partial charge on any atom is 0.233 e. The van der Waals surface area contributed by atoms with E-state index in [4.69, 9.17) is 0 Å². The molecule has 0 radical (unpaired) electrons. The van der Waals surface area contributed by atoms with Gasteiger partial charge in [0.25, 0.3) is 0 Å². The van der Waals surface area contributed by atoms with Crippen molar-refractivity contribution in [2.24, 2.45) is 0 Å². The van der Waals surface area contributed by atoms with Crippen LogP contribution in [0.4, 0.5) is 13.2 Å². The van der Waals surface area contributed by atoms with E-state index in [2.05, 4.69) is 16.6 Å². The second-order valence-electron chi connectivity index (χ2n) is 7.72. The van der Waals surface area contributed by atoms with Gasteiger partial charge in [-0.15, -0.1) is 12.4 Å². The molecule has 30 heavy (non-hydrogen) atoms. The highest BCUT2D eigenvalue weighted by atomic mass is 35.5. The van der Waals surface area contributed by atoms with Crippen molar-refractivity contribution in [1.82, 2.24) is 10.0 Å². The largest absolute Gasteiger partial charge is 0.309 e. The Morgan fingerprint density at radius 3 is 2.50 bits per heavy atom. The van der Waals surface area contributed by atoms with Crippen molar-refractivity contribution in [3.63, 3.8) is 0 Å². The number of rotatable bonds is 6. The van der Waals surface area contributed by atoms with E-state index in [1.807, 2.05) is 0 Å². The zero-order valence-electron chi connectivity index (χ0n) is 15.9. The van der Waals surface area contributed by atoms with Gasteiger partial charge < -0.3 is 5.32 Å². The van der Waals surface area contributed by atoms with Gasteiger partial charge in [0.15, 0.2) is 0 Å². The van der Waals surface area contributed by atoms with Crippen LogP contribution in [0.2, 0.25) is 0 Å². The third-order valence-electron chi connectivity index (χ3n) is 5.73. The standard InChI is InChI=1S/C21H21F3N2O2S.ClH/c1-2-29(27,28)26-20-18(25-16-11-21(20,24)12-16)9-14-8-15(22)10-17(19(14)23)13-6-4-3-5-7-13;/h2-8,10,16,18,20,25-26H,1,9,11-12H2;1H. The highest BCUT2D eigenvalue weighted by Gasteiger charge is 2.58. The molecule has 9 heteroatoms. The minimum atomic E-state index is -3.89. The molecule has 2 aromatic carbocycles. The molecule has 2 bridgehead atoms. The first-order valence-corrected chi connectivity index (χ1v) is 10.9. The zero-order chi connectivity index (χ0) is 20.8. The van der Waals surface area contributed by atoms with Crippen LogP contribution in [0, 0.1) is 11.6 Å². The lowest BCUT2D eigenvalue weighted by Crippen LogP contribution is -2.75. The van der Waals surface area contributed by atoms with E-state index in [0.717, 1.165) is 12.1 Å². The Hall–Kier alpha value is -1.87. The number of sulfonamides is 1. The fraction of sp³-hybridized carbons (Fsp3) is 0.333. The summed E-state index contributed by atoms with van der Waals surface area (Å²) in [7, 11) is -3.89. The number of hydrogen-bond donors (Lipinski definition) is 2. The summed E-state index contributed by atoms with van der Waals surface area (Å²) in [6, 6.07) is 8.84. The van der Waals surface area contributed by atoms with Crippen LogP contribution in [0.5, 0.6) is 0 Å². The van der Waals surface area contributed by atoms with Crippen molar-refractivity contribution in [3.8, 4) is 11.1 Å². The molecule has 2 N–H and O–H groups in total. The van der Waals surface area contributed by atoms with Crippen LogP contribution in [0.15, 0.2) is 54.5 Å². The van der Waals surface area contributed by atoms with Gasteiger partial charge in [0.2, 0.25) is 10.0 Å². The molecule has 0 aromatic heterocycles. The Balaban J connectivity index is 0.00000256. The summed E-state index contributed by atoms with van der Waals surface area (Å²) in [6.45, 7) is 3.24. The van der Waals surface area contributed by atoms with E-state index >= 15 is 8.78 Å². The fourth-order valence-electron chi connectivity index (χ4n) is 4.34. The van der Waals surface area contributed by atoms with Crippen LogP contribution >= 0.6 is 12.4 Å². The second-order valence-corrected chi connectivity index (χ2v) is 9.38. The molecule has 0 amide bonds. The number of nitrogens with one attached hydrogen (secondary N) is 2. The number of alkyl halides is 1. The first kappa shape index (κ1) is 22.8. The van der Waals surface area contributed by atoms with Gasteiger partial charge >= 0.3 is 0 Å². The van der Waals surface area contributed by atoms with Crippen LogP contribution < -0.4 is 10.0 Å². The van der Waals surface area contributed by atoms with E-state index in [9.17, 15) is 12.8 Å². The number of benzene rings is 2. The maximum atomic E-state index is 15.2. The quantitative estimate of drug-likeness (QED) is 0.691. The number of fused-ring (bicyclic) bond motifs is 2. The lowest BCUT2D eigenvalue weighted by Gasteiger charge is -2.55. The average Bonchev–Trinajstić information content (AvgIpc) is 2.66. The number of piperidine rings is 2. The Morgan fingerprint density at radius 1 is 1.20 bits per heavy atom. The summed E-state index contributed by atoms with van der Waals surface area (Å²) >= 11 is 0. The van der Waals surface area contributed by atoms with Gasteiger partial charge in [-0.05, 0) is 42.5 Å². The lowest BCUT2D eigenvalue weighted by molar-refractivity contribution is -0.0567. The van der Waals surface area contributed by atoms with Gasteiger partial charge in [-0.25, -0.2) is 26.3 Å². The van der Waals surface area contributed by atoms with Crippen LogP contribution in [0.25, 0.3) is 11.1 Å². The summed E-state index contributed by atoms with van der Waals surface area (Å²) < 4.78 is 70.9. The first-order valence-electron chi connectivity index (χ1n) is 9.34. The van der Waals surface area contributed by atoms with Crippen molar-refractivity contribution in [2.75, 3.05) is 0 Å². The Morgan fingerprint density at radius 2 is 1.87 bits per heavy atom. The summed E-state index contributed by atoms with van der Waals surface area (Å²) in [5, 5.41) is 3.89. The molecule has 1 aliphatic carbocycles. The minimum absolute atomic E-state index is 0. The molecule has 3 aliphatic rings. The maximum absolute atomic E-state index is 15.2. The van der Waals surface area contributed by atoms with E-state index in [1.165, 1.54) is 0 Å². The SMILES string of the molecule is C=CS(=O)(=O)NC1C(Cc2cc(F)cc(-c3ccccc3)c2F)NC2CC1(F)C2.Cl. The number of halogens is 4.